The average molecular weight is 314 g/mol. The van der Waals surface area contributed by atoms with Crippen molar-refractivity contribution >= 4 is 23.2 Å². The Morgan fingerprint density at radius 3 is 2.52 bits per heavy atom. The molecule has 1 aromatic carbocycles. The van der Waals surface area contributed by atoms with Gasteiger partial charge in [0.2, 0.25) is 0 Å². The Labute approximate surface area is 129 Å². The van der Waals surface area contributed by atoms with Crippen LogP contribution in [0.15, 0.2) is 18.2 Å². The summed E-state index contributed by atoms with van der Waals surface area (Å²) in [5, 5.41) is 11.1. The molecule has 0 aliphatic carbocycles. The Bertz CT molecular complexity index is 520. The highest BCUT2D eigenvalue weighted by molar-refractivity contribution is 6.33. The summed E-state index contributed by atoms with van der Waals surface area (Å²) in [5.74, 6) is -0.356. The third-order valence-electron chi connectivity index (χ3n) is 3.10. The number of para-hydroxylation sites is 1. The van der Waals surface area contributed by atoms with Crippen LogP contribution in [0.4, 0.5) is 5.69 Å². The predicted octanol–water partition coefficient (Wildman–Crippen LogP) is 2.66. The molecule has 0 fully saturated rings. The van der Waals surface area contributed by atoms with E-state index in [1.54, 1.807) is 11.0 Å². The number of carbonyl (C=O) groups excluding carboxylic acids is 1. The van der Waals surface area contributed by atoms with Gasteiger partial charge in [0.25, 0.3) is 5.91 Å². The fraction of sp³-hybridized carbons (Fsp3) is 0.500. The second kappa shape index (κ2) is 7.95. The van der Waals surface area contributed by atoms with Crippen molar-refractivity contribution in [3.05, 3.63) is 38.9 Å². The SMILES string of the molecule is CCN(CCCN(C)C)C(=O)c1cccc(Cl)c1[N+](=O)[O-]. The lowest BCUT2D eigenvalue weighted by Gasteiger charge is -2.22. The summed E-state index contributed by atoms with van der Waals surface area (Å²) in [6, 6.07) is 4.41. The highest BCUT2D eigenvalue weighted by atomic mass is 35.5. The van der Waals surface area contributed by atoms with E-state index in [1.165, 1.54) is 12.1 Å². The molecule has 0 unspecified atom stereocenters. The van der Waals surface area contributed by atoms with Gasteiger partial charge >= 0.3 is 5.69 Å². The lowest BCUT2D eigenvalue weighted by Crippen LogP contribution is -2.33. The summed E-state index contributed by atoms with van der Waals surface area (Å²) < 4.78 is 0. The fourth-order valence-corrected chi connectivity index (χ4v) is 2.27. The number of nitro groups is 1. The molecular weight excluding hydrogens is 294 g/mol. The van der Waals surface area contributed by atoms with Crippen LogP contribution in [0.1, 0.15) is 23.7 Å². The molecule has 7 heteroatoms. The van der Waals surface area contributed by atoms with E-state index in [4.69, 9.17) is 11.6 Å². The van der Waals surface area contributed by atoms with Crippen LogP contribution in [0.2, 0.25) is 5.02 Å². The molecule has 0 atom stereocenters. The minimum absolute atomic E-state index is 0.0183. The average Bonchev–Trinajstić information content (AvgIpc) is 2.42. The van der Waals surface area contributed by atoms with Crippen molar-refractivity contribution in [1.29, 1.82) is 0 Å². The van der Waals surface area contributed by atoms with Crippen molar-refractivity contribution in [2.75, 3.05) is 33.7 Å². The lowest BCUT2D eigenvalue weighted by molar-refractivity contribution is -0.385. The van der Waals surface area contributed by atoms with E-state index in [0.717, 1.165) is 13.0 Å². The fourth-order valence-electron chi connectivity index (χ4n) is 2.02. The highest BCUT2D eigenvalue weighted by Gasteiger charge is 2.26. The zero-order chi connectivity index (χ0) is 16.0. The molecule has 0 aliphatic rings. The van der Waals surface area contributed by atoms with Crippen molar-refractivity contribution in [1.82, 2.24) is 9.80 Å². The van der Waals surface area contributed by atoms with Gasteiger partial charge in [-0.2, -0.15) is 0 Å². The third kappa shape index (κ3) is 4.68. The lowest BCUT2D eigenvalue weighted by atomic mass is 10.1. The zero-order valence-corrected chi connectivity index (χ0v) is 13.3. The molecular formula is C14H20ClN3O3. The highest BCUT2D eigenvalue weighted by Crippen LogP contribution is 2.29. The minimum atomic E-state index is -0.608. The molecule has 0 N–H and O–H groups in total. The van der Waals surface area contributed by atoms with Gasteiger partial charge in [-0.15, -0.1) is 0 Å². The maximum absolute atomic E-state index is 12.5. The van der Waals surface area contributed by atoms with Crippen LogP contribution in [0, 0.1) is 10.1 Å². The maximum atomic E-state index is 12.5. The van der Waals surface area contributed by atoms with E-state index in [0.29, 0.717) is 13.1 Å². The first-order valence-corrected chi connectivity index (χ1v) is 7.13. The van der Waals surface area contributed by atoms with Gasteiger partial charge in [-0.25, -0.2) is 0 Å². The summed E-state index contributed by atoms with van der Waals surface area (Å²) in [6.45, 7) is 3.75. The van der Waals surface area contributed by atoms with Gasteiger partial charge < -0.3 is 9.80 Å². The van der Waals surface area contributed by atoms with Crippen LogP contribution in [-0.2, 0) is 0 Å². The number of benzene rings is 1. The van der Waals surface area contributed by atoms with Crippen molar-refractivity contribution in [3.8, 4) is 0 Å². The number of nitro benzene ring substituents is 1. The summed E-state index contributed by atoms with van der Waals surface area (Å²) in [6.07, 6.45) is 0.806. The molecule has 0 aliphatic heterocycles. The Balaban J connectivity index is 2.95. The van der Waals surface area contributed by atoms with Gasteiger partial charge in [0.05, 0.1) is 4.92 Å². The number of amides is 1. The van der Waals surface area contributed by atoms with Gasteiger partial charge in [0.15, 0.2) is 0 Å². The molecule has 0 saturated carbocycles. The second-order valence-electron chi connectivity index (χ2n) is 4.93. The van der Waals surface area contributed by atoms with Gasteiger partial charge in [-0.3, -0.25) is 14.9 Å². The summed E-state index contributed by atoms with van der Waals surface area (Å²) >= 11 is 5.84. The number of hydrogen-bond acceptors (Lipinski definition) is 4. The maximum Gasteiger partial charge on any atom is 0.300 e. The predicted molar refractivity (Wildman–Crippen MR) is 82.9 cm³/mol. The largest absolute Gasteiger partial charge is 0.339 e. The van der Waals surface area contributed by atoms with E-state index in [9.17, 15) is 14.9 Å². The summed E-state index contributed by atoms with van der Waals surface area (Å²) in [5.41, 5.74) is -0.283. The van der Waals surface area contributed by atoms with Crippen LogP contribution in [0.5, 0.6) is 0 Å². The van der Waals surface area contributed by atoms with E-state index < -0.39 is 4.92 Å². The molecule has 0 spiro atoms. The van der Waals surface area contributed by atoms with Crippen LogP contribution in [-0.4, -0.2) is 54.4 Å². The van der Waals surface area contributed by atoms with Crippen LogP contribution < -0.4 is 0 Å². The molecule has 0 bridgehead atoms. The van der Waals surface area contributed by atoms with Crippen LogP contribution >= 0.6 is 11.6 Å². The molecule has 1 aromatic rings. The Kier molecular flexibility index (Phi) is 6.58. The number of nitrogens with zero attached hydrogens (tertiary/aromatic N) is 3. The standard InChI is InChI=1S/C14H20ClN3O3/c1-4-17(10-6-9-16(2)3)14(19)11-7-5-8-12(15)13(11)18(20)21/h5,7-8H,4,6,9-10H2,1-3H3. The van der Waals surface area contributed by atoms with E-state index in [2.05, 4.69) is 0 Å². The minimum Gasteiger partial charge on any atom is -0.339 e. The molecule has 1 amide bonds. The van der Waals surface area contributed by atoms with Gasteiger partial charge in [-0.05, 0) is 46.1 Å². The first-order chi connectivity index (χ1) is 9.88. The smallest absolute Gasteiger partial charge is 0.300 e. The van der Waals surface area contributed by atoms with Crippen molar-refractivity contribution in [2.24, 2.45) is 0 Å². The van der Waals surface area contributed by atoms with Crippen molar-refractivity contribution in [2.45, 2.75) is 13.3 Å². The molecule has 1 rings (SSSR count). The zero-order valence-electron chi connectivity index (χ0n) is 12.5. The van der Waals surface area contributed by atoms with E-state index >= 15 is 0 Å². The van der Waals surface area contributed by atoms with Gasteiger partial charge in [0, 0.05) is 13.1 Å². The third-order valence-corrected chi connectivity index (χ3v) is 3.41. The molecule has 116 valence electrons. The molecule has 21 heavy (non-hydrogen) atoms. The van der Waals surface area contributed by atoms with Crippen molar-refractivity contribution in [3.63, 3.8) is 0 Å². The van der Waals surface area contributed by atoms with Gasteiger partial charge in [0.1, 0.15) is 10.6 Å². The molecule has 0 aromatic heterocycles. The quantitative estimate of drug-likeness (QED) is 0.573. The van der Waals surface area contributed by atoms with E-state index in [-0.39, 0.29) is 22.2 Å². The monoisotopic (exact) mass is 313 g/mol. The number of hydrogen-bond donors (Lipinski definition) is 0. The number of rotatable bonds is 7. The number of halogens is 1. The summed E-state index contributed by atoms with van der Waals surface area (Å²) in [4.78, 5) is 26.6. The molecule has 0 saturated heterocycles. The summed E-state index contributed by atoms with van der Waals surface area (Å²) in [7, 11) is 3.92. The molecule has 6 nitrogen and oxygen atoms in total. The van der Waals surface area contributed by atoms with Crippen molar-refractivity contribution < 1.29 is 9.72 Å². The molecule has 0 radical (unpaired) electrons. The normalized spacial score (nSPS) is 10.7. The van der Waals surface area contributed by atoms with Gasteiger partial charge in [-0.1, -0.05) is 17.7 Å². The van der Waals surface area contributed by atoms with Crippen LogP contribution in [0.25, 0.3) is 0 Å². The topological polar surface area (TPSA) is 66.7 Å². The first-order valence-electron chi connectivity index (χ1n) is 6.75. The Morgan fingerprint density at radius 2 is 2.00 bits per heavy atom. The van der Waals surface area contributed by atoms with Crippen LogP contribution in [0.3, 0.4) is 0 Å². The molecule has 0 heterocycles. The number of carbonyl (C=O) groups is 1. The first kappa shape index (κ1) is 17.4. The Hall–Kier alpha value is -1.66. The van der Waals surface area contributed by atoms with E-state index in [1.807, 2.05) is 25.9 Å². The second-order valence-corrected chi connectivity index (χ2v) is 5.34. The Morgan fingerprint density at radius 1 is 1.33 bits per heavy atom.